The molecule has 1 aliphatic rings. The van der Waals surface area contributed by atoms with Crippen LogP contribution < -0.4 is 11.1 Å². The van der Waals surface area contributed by atoms with Crippen molar-refractivity contribution in [3.63, 3.8) is 0 Å². The molecule has 1 aromatic heterocycles. The zero-order valence-corrected chi connectivity index (χ0v) is 11.8. The van der Waals surface area contributed by atoms with Gasteiger partial charge in [-0.2, -0.15) is 5.10 Å². The number of aromatic nitrogens is 2. The molecule has 0 aliphatic heterocycles. The summed E-state index contributed by atoms with van der Waals surface area (Å²) >= 11 is 0. The number of benzene rings is 1. The smallest absolute Gasteiger partial charge is 0.272 e. The van der Waals surface area contributed by atoms with Crippen LogP contribution in [0.15, 0.2) is 36.5 Å². The molecule has 1 aromatic carbocycles. The van der Waals surface area contributed by atoms with Gasteiger partial charge in [0.1, 0.15) is 0 Å². The van der Waals surface area contributed by atoms with Crippen molar-refractivity contribution in [2.75, 3.05) is 12.8 Å². The van der Waals surface area contributed by atoms with Crippen LogP contribution in [-0.4, -0.2) is 34.9 Å². The number of nitrogen functional groups attached to an aromatic ring is 1. The number of nitrogens with one attached hydrogen (secondary N) is 1. The molecule has 1 fully saturated rings. The zero-order chi connectivity index (χ0) is 14.8. The predicted molar refractivity (Wildman–Crippen MR) is 79.3 cm³/mol. The first-order chi connectivity index (χ1) is 10.2. The summed E-state index contributed by atoms with van der Waals surface area (Å²) < 4.78 is 6.84. The standard InChI is InChI=1S/C15H18N4O2/c1-21-13-8-11(9-13)17-15(20)14-5-6-19(18-14)12-4-2-3-10(16)7-12/h2-7,11,13H,8-9,16H2,1H3,(H,17,20). The van der Waals surface area contributed by atoms with E-state index < -0.39 is 0 Å². The Morgan fingerprint density at radius 2 is 2.24 bits per heavy atom. The third-order valence-electron chi connectivity index (χ3n) is 3.72. The second-order valence-corrected chi connectivity index (χ2v) is 5.24. The van der Waals surface area contributed by atoms with Crippen molar-refractivity contribution >= 4 is 11.6 Å². The molecule has 1 saturated carbocycles. The van der Waals surface area contributed by atoms with E-state index in [4.69, 9.17) is 10.5 Å². The van der Waals surface area contributed by atoms with Gasteiger partial charge >= 0.3 is 0 Å². The van der Waals surface area contributed by atoms with E-state index in [1.165, 1.54) is 0 Å². The lowest BCUT2D eigenvalue weighted by atomic mass is 9.89. The molecule has 0 radical (unpaired) electrons. The molecule has 2 aromatic rings. The van der Waals surface area contributed by atoms with Gasteiger partial charge in [-0.05, 0) is 37.1 Å². The number of nitrogens with two attached hydrogens (primary N) is 1. The van der Waals surface area contributed by atoms with Crippen LogP contribution in [0, 0.1) is 0 Å². The summed E-state index contributed by atoms with van der Waals surface area (Å²) in [6, 6.07) is 9.24. The van der Waals surface area contributed by atoms with Gasteiger partial charge in [-0.3, -0.25) is 4.79 Å². The fourth-order valence-corrected chi connectivity index (χ4v) is 2.39. The Morgan fingerprint density at radius 1 is 1.43 bits per heavy atom. The number of anilines is 1. The third kappa shape index (κ3) is 2.90. The number of ether oxygens (including phenoxy) is 1. The van der Waals surface area contributed by atoms with Crippen LogP contribution in [0.25, 0.3) is 5.69 Å². The molecule has 6 nitrogen and oxygen atoms in total. The Morgan fingerprint density at radius 3 is 2.95 bits per heavy atom. The Hall–Kier alpha value is -2.34. The van der Waals surface area contributed by atoms with Crippen LogP contribution in [0.5, 0.6) is 0 Å². The first-order valence-electron chi connectivity index (χ1n) is 6.91. The molecular weight excluding hydrogens is 268 g/mol. The van der Waals surface area contributed by atoms with Gasteiger partial charge in [-0.15, -0.1) is 0 Å². The van der Waals surface area contributed by atoms with E-state index in [0.717, 1.165) is 18.5 Å². The normalized spacial score (nSPS) is 20.8. The molecule has 0 bridgehead atoms. The quantitative estimate of drug-likeness (QED) is 0.831. The number of nitrogens with zero attached hydrogens (tertiary/aromatic N) is 2. The average molecular weight is 286 g/mol. The van der Waals surface area contributed by atoms with Gasteiger partial charge in [0.2, 0.25) is 0 Å². The van der Waals surface area contributed by atoms with E-state index in [1.54, 1.807) is 24.1 Å². The molecule has 21 heavy (non-hydrogen) atoms. The van der Waals surface area contributed by atoms with Crippen LogP contribution in [0.3, 0.4) is 0 Å². The summed E-state index contributed by atoms with van der Waals surface area (Å²) in [4.78, 5) is 12.1. The monoisotopic (exact) mass is 286 g/mol. The Kier molecular flexibility index (Phi) is 3.62. The van der Waals surface area contributed by atoms with Crippen molar-refractivity contribution in [1.82, 2.24) is 15.1 Å². The van der Waals surface area contributed by atoms with E-state index in [0.29, 0.717) is 11.4 Å². The maximum Gasteiger partial charge on any atom is 0.272 e. The van der Waals surface area contributed by atoms with Crippen LogP contribution in [0.2, 0.25) is 0 Å². The van der Waals surface area contributed by atoms with Crippen molar-refractivity contribution in [2.24, 2.45) is 0 Å². The van der Waals surface area contributed by atoms with Crippen molar-refractivity contribution in [2.45, 2.75) is 25.0 Å². The first kappa shape index (κ1) is 13.6. The largest absolute Gasteiger partial charge is 0.399 e. The number of carbonyl (C=O) groups excluding carboxylic acids is 1. The van der Waals surface area contributed by atoms with E-state index >= 15 is 0 Å². The van der Waals surface area contributed by atoms with Crippen LogP contribution >= 0.6 is 0 Å². The second kappa shape index (κ2) is 5.57. The van der Waals surface area contributed by atoms with Gasteiger partial charge in [0.05, 0.1) is 11.8 Å². The topological polar surface area (TPSA) is 82.2 Å². The minimum absolute atomic E-state index is 0.155. The third-order valence-corrected chi connectivity index (χ3v) is 3.72. The van der Waals surface area contributed by atoms with Crippen LogP contribution in [0.4, 0.5) is 5.69 Å². The molecule has 0 atom stereocenters. The number of carbonyl (C=O) groups is 1. The van der Waals surface area contributed by atoms with Crippen molar-refractivity contribution < 1.29 is 9.53 Å². The second-order valence-electron chi connectivity index (χ2n) is 5.24. The maximum absolute atomic E-state index is 12.1. The molecule has 0 saturated heterocycles. The van der Waals surface area contributed by atoms with Crippen LogP contribution in [-0.2, 0) is 4.74 Å². The highest BCUT2D eigenvalue weighted by Gasteiger charge is 2.30. The summed E-state index contributed by atoms with van der Waals surface area (Å²) in [5.41, 5.74) is 7.64. The highest BCUT2D eigenvalue weighted by Crippen LogP contribution is 2.22. The minimum atomic E-state index is -0.155. The number of amides is 1. The Bertz CT molecular complexity index is 647. The fourth-order valence-electron chi connectivity index (χ4n) is 2.39. The summed E-state index contributed by atoms with van der Waals surface area (Å²) in [7, 11) is 1.69. The SMILES string of the molecule is COC1CC(NC(=O)c2ccn(-c3cccc(N)c3)n2)C1. The summed E-state index contributed by atoms with van der Waals surface area (Å²) in [6.45, 7) is 0. The summed E-state index contributed by atoms with van der Waals surface area (Å²) in [5.74, 6) is -0.155. The highest BCUT2D eigenvalue weighted by atomic mass is 16.5. The maximum atomic E-state index is 12.1. The zero-order valence-electron chi connectivity index (χ0n) is 11.8. The van der Waals surface area contributed by atoms with E-state index in [2.05, 4.69) is 10.4 Å². The minimum Gasteiger partial charge on any atom is -0.399 e. The van der Waals surface area contributed by atoms with E-state index in [-0.39, 0.29) is 18.1 Å². The molecule has 1 aliphatic carbocycles. The molecule has 3 N–H and O–H groups in total. The fraction of sp³-hybridized carbons (Fsp3) is 0.333. The number of hydrogen-bond donors (Lipinski definition) is 2. The molecule has 110 valence electrons. The van der Waals surface area contributed by atoms with Crippen molar-refractivity contribution in [3.8, 4) is 5.69 Å². The van der Waals surface area contributed by atoms with Gasteiger partial charge in [0.25, 0.3) is 5.91 Å². The average Bonchev–Trinajstić information content (AvgIpc) is 2.92. The lowest BCUT2D eigenvalue weighted by Crippen LogP contribution is -2.47. The molecule has 0 spiro atoms. The van der Waals surface area contributed by atoms with Crippen molar-refractivity contribution in [1.29, 1.82) is 0 Å². The van der Waals surface area contributed by atoms with Gasteiger partial charge < -0.3 is 15.8 Å². The number of methoxy groups -OCH3 is 1. The van der Waals surface area contributed by atoms with E-state index in [9.17, 15) is 4.79 Å². The summed E-state index contributed by atoms with van der Waals surface area (Å²) in [5, 5.41) is 7.24. The first-order valence-corrected chi connectivity index (χ1v) is 6.91. The number of hydrogen-bond acceptors (Lipinski definition) is 4. The highest BCUT2D eigenvalue weighted by molar-refractivity contribution is 5.92. The Labute approximate surface area is 122 Å². The lowest BCUT2D eigenvalue weighted by molar-refractivity contribution is 0.0175. The lowest BCUT2D eigenvalue weighted by Gasteiger charge is -2.34. The van der Waals surface area contributed by atoms with Gasteiger partial charge in [-0.25, -0.2) is 4.68 Å². The molecule has 1 amide bonds. The molecule has 0 unspecified atom stereocenters. The predicted octanol–water partition coefficient (Wildman–Crippen LogP) is 1.36. The molecule has 3 rings (SSSR count). The Balaban J connectivity index is 1.66. The van der Waals surface area contributed by atoms with Gasteiger partial charge in [-0.1, -0.05) is 6.07 Å². The van der Waals surface area contributed by atoms with Crippen LogP contribution in [0.1, 0.15) is 23.3 Å². The molecular formula is C15H18N4O2. The van der Waals surface area contributed by atoms with Crippen molar-refractivity contribution in [3.05, 3.63) is 42.2 Å². The number of rotatable bonds is 4. The summed E-state index contributed by atoms with van der Waals surface area (Å²) in [6.07, 6.45) is 3.74. The molecule has 6 heteroatoms. The van der Waals surface area contributed by atoms with Gasteiger partial charge in [0.15, 0.2) is 5.69 Å². The molecule has 1 heterocycles. The van der Waals surface area contributed by atoms with Gasteiger partial charge in [0, 0.05) is 25.0 Å². The van der Waals surface area contributed by atoms with E-state index in [1.807, 2.05) is 24.3 Å².